The maximum atomic E-state index is 12.7. The van der Waals surface area contributed by atoms with Crippen molar-refractivity contribution in [3.63, 3.8) is 0 Å². The van der Waals surface area contributed by atoms with Crippen LogP contribution in [0.25, 0.3) is 17.3 Å². The molecule has 7 nitrogen and oxygen atoms in total. The standard InChI is InChI=1S/C20H19BrN6O/c1-2-20-7-4-9-27(20)17-15(24-18(20)28)12-23-19(25-17)26-10-8-22-16(26)13-5-3-6-14(21)11-13/h3,5-6,8,10-12H,2,4,7,9H2,1H3,(H,24,28)/t20-/m0/s1. The lowest BCUT2D eigenvalue weighted by Crippen LogP contribution is -2.56. The summed E-state index contributed by atoms with van der Waals surface area (Å²) in [6.45, 7) is 2.89. The summed E-state index contributed by atoms with van der Waals surface area (Å²) in [6.07, 6.45) is 7.88. The SMILES string of the molecule is CC[C@@]12CCCN1c1nc(-n3ccnc3-c3cccc(Br)c3)ncc1NC2=O. The number of aromatic nitrogens is 4. The number of hydrogen-bond donors (Lipinski definition) is 1. The predicted octanol–water partition coefficient (Wildman–Crippen LogP) is 3.79. The number of halogens is 1. The second kappa shape index (κ2) is 6.41. The summed E-state index contributed by atoms with van der Waals surface area (Å²) in [5, 5.41) is 3.01. The number of amides is 1. The van der Waals surface area contributed by atoms with Gasteiger partial charge in [0.25, 0.3) is 0 Å². The molecule has 0 saturated carbocycles. The van der Waals surface area contributed by atoms with Crippen LogP contribution in [0.3, 0.4) is 0 Å². The van der Waals surface area contributed by atoms with E-state index < -0.39 is 5.54 Å². The third-order valence-corrected chi connectivity index (χ3v) is 6.19. The minimum Gasteiger partial charge on any atom is -0.340 e. The maximum absolute atomic E-state index is 12.7. The summed E-state index contributed by atoms with van der Waals surface area (Å²) in [7, 11) is 0. The molecule has 1 amide bonds. The van der Waals surface area contributed by atoms with Crippen LogP contribution in [0.5, 0.6) is 0 Å². The molecule has 0 unspecified atom stereocenters. The molecule has 28 heavy (non-hydrogen) atoms. The minimum atomic E-state index is -0.499. The van der Waals surface area contributed by atoms with Gasteiger partial charge in [-0.2, -0.15) is 4.98 Å². The van der Waals surface area contributed by atoms with Crippen molar-refractivity contribution in [2.45, 2.75) is 31.7 Å². The molecule has 1 aromatic carbocycles. The Kier molecular flexibility index (Phi) is 3.97. The van der Waals surface area contributed by atoms with Crippen molar-refractivity contribution in [2.24, 2.45) is 0 Å². The number of fused-ring (bicyclic) bond motifs is 3. The van der Waals surface area contributed by atoms with E-state index in [0.29, 0.717) is 11.6 Å². The number of hydrogen-bond acceptors (Lipinski definition) is 5. The van der Waals surface area contributed by atoms with E-state index in [-0.39, 0.29) is 5.91 Å². The van der Waals surface area contributed by atoms with Gasteiger partial charge >= 0.3 is 0 Å². The van der Waals surface area contributed by atoms with Crippen LogP contribution in [-0.2, 0) is 4.79 Å². The molecule has 1 fully saturated rings. The summed E-state index contributed by atoms with van der Waals surface area (Å²) >= 11 is 3.51. The van der Waals surface area contributed by atoms with E-state index in [1.807, 2.05) is 35.0 Å². The Morgan fingerprint density at radius 3 is 3.04 bits per heavy atom. The molecule has 0 bridgehead atoms. The summed E-state index contributed by atoms with van der Waals surface area (Å²) in [6, 6.07) is 7.97. The van der Waals surface area contributed by atoms with E-state index in [1.165, 1.54) is 0 Å². The van der Waals surface area contributed by atoms with Crippen LogP contribution >= 0.6 is 15.9 Å². The first-order chi connectivity index (χ1) is 13.6. The van der Waals surface area contributed by atoms with Gasteiger partial charge in [0.05, 0.1) is 6.20 Å². The fourth-order valence-corrected chi connectivity index (χ4v) is 4.67. The lowest BCUT2D eigenvalue weighted by atomic mass is 9.90. The number of benzene rings is 1. The van der Waals surface area contributed by atoms with Gasteiger partial charge < -0.3 is 10.2 Å². The molecule has 0 spiro atoms. The van der Waals surface area contributed by atoms with E-state index in [0.717, 1.165) is 47.5 Å². The van der Waals surface area contributed by atoms with Crippen LogP contribution < -0.4 is 10.2 Å². The van der Waals surface area contributed by atoms with Gasteiger partial charge in [0.2, 0.25) is 11.9 Å². The zero-order valence-corrected chi connectivity index (χ0v) is 17.0. The number of carbonyl (C=O) groups excluding carboxylic acids is 1. The summed E-state index contributed by atoms with van der Waals surface area (Å²) in [4.78, 5) is 28.8. The van der Waals surface area contributed by atoms with Crippen LogP contribution in [0.15, 0.2) is 47.3 Å². The third kappa shape index (κ3) is 2.47. The smallest absolute Gasteiger partial charge is 0.250 e. The lowest BCUT2D eigenvalue weighted by Gasteiger charge is -2.41. The Hall–Kier alpha value is -2.74. The average molecular weight is 439 g/mol. The highest BCUT2D eigenvalue weighted by Gasteiger charge is 2.50. The first-order valence-corrected chi connectivity index (χ1v) is 10.2. The van der Waals surface area contributed by atoms with E-state index in [9.17, 15) is 4.79 Å². The number of anilines is 2. The highest BCUT2D eigenvalue weighted by molar-refractivity contribution is 9.10. The van der Waals surface area contributed by atoms with Gasteiger partial charge in [-0.05, 0) is 31.4 Å². The fraction of sp³-hybridized carbons (Fsp3) is 0.300. The molecule has 3 aromatic rings. The van der Waals surface area contributed by atoms with Crippen molar-refractivity contribution >= 4 is 33.3 Å². The molecule has 5 rings (SSSR count). The Morgan fingerprint density at radius 2 is 2.21 bits per heavy atom. The second-order valence-electron chi connectivity index (χ2n) is 7.13. The zero-order valence-electron chi connectivity index (χ0n) is 15.4. The Bertz CT molecular complexity index is 1080. The summed E-state index contributed by atoms with van der Waals surface area (Å²) < 4.78 is 2.86. The van der Waals surface area contributed by atoms with Crippen LogP contribution in [0.4, 0.5) is 11.5 Å². The number of nitrogens with one attached hydrogen (secondary N) is 1. The van der Waals surface area contributed by atoms with E-state index in [2.05, 4.69) is 43.0 Å². The largest absolute Gasteiger partial charge is 0.340 e. The normalized spacial score (nSPS) is 20.6. The molecule has 142 valence electrons. The zero-order chi connectivity index (χ0) is 19.3. The molecule has 2 aliphatic heterocycles. The molecule has 2 aliphatic rings. The summed E-state index contributed by atoms with van der Waals surface area (Å²) in [5.74, 6) is 2.15. The highest BCUT2D eigenvalue weighted by Crippen LogP contribution is 2.43. The Balaban J connectivity index is 1.62. The summed E-state index contributed by atoms with van der Waals surface area (Å²) in [5.41, 5.74) is 1.14. The van der Waals surface area contributed by atoms with Gasteiger partial charge in [-0.15, -0.1) is 0 Å². The first kappa shape index (κ1) is 17.4. The Morgan fingerprint density at radius 1 is 1.32 bits per heavy atom. The Labute approximate surface area is 171 Å². The van der Waals surface area contributed by atoms with Crippen molar-refractivity contribution in [1.29, 1.82) is 0 Å². The minimum absolute atomic E-state index is 0.0498. The topological polar surface area (TPSA) is 75.9 Å². The molecule has 8 heteroatoms. The van der Waals surface area contributed by atoms with Crippen molar-refractivity contribution in [1.82, 2.24) is 19.5 Å². The molecular formula is C20H19BrN6O. The maximum Gasteiger partial charge on any atom is 0.250 e. The lowest BCUT2D eigenvalue weighted by molar-refractivity contribution is -0.121. The third-order valence-electron chi connectivity index (χ3n) is 5.70. The van der Waals surface area contributed by atoms with Crippen LogP contribution in [-0.4, -0.2) is 37.5 Å². The molecule has 1 N–H and O–H groups in total. The van der Waals surface area contributed by atoms with Gasteiger partial charge in [0, 0.05) is 29.0 Å². The van der Waals surface area contributed by atoms with Gasteiger partial charge in [0.1, 0.15) is 17.1 Å². The monoisotopic (exact) mass is 438 g/mol. The van der Waals surface area contributed by atoms with Crippen LogP contribution in [0.2, 0.25) is 0 Å². The van der Waals surface area contributed by atoms with Gasteiger partial charge in [-0.1, -0.05) is 35.0 Å². The van der Waals surface area contributed by atoms with Gasteiger partial charge in [-0.25, -0.2) is 9.97 Å². The van der Waals surface area contributed by atoms with Gasteiger partial charge in [-0.3, -0.25) is 9.36 Å². The number of nitrogens with zero attached hydrogens (tertiary/aromatic N) is 5. The number of rotatable bonds is 3. The molecule has 2 aromatic heterocycles. The second-order valence-corrected chi connectivity index (χ2v) is 8.05. The molecule has 1 saturated heterocycles. The van der Waals surface area contributed by atoms with Crippen molar-refractivity contribution in [3.05, 3.63) is 47.3 Å². The van der Waals surface area contributed by atoms with Crippen molar-refractivity contribution < 1.29 is 4.79 Å². The van der Waals surface area contributed by atoms with Crippen LogP contribution in [0, 0.1) is 0 Å². The first-order valence-electron chi connectivity index (χ1n) is 9.38. The quantitative estimate of drug-likeness (QED) is 0.672. The highest BCUT2D eigenvalue weighted by atomic mass is 79.9. The molecule has 1 atom stereocenters. The average Bonchev–Trinajstić information content (AvgIpc) is 3.36. The van der Waals surface area contributed by atoms with Crippen LogP contribution in [0.1, 0.15) is 26.2 Å². The number of imidazole rings is 1. The molecule has 0 aliphatic carbocycles. The fourth-order valence-electron chi connectivity index (χ4n) is 4.27. The molecule has 4 heterocycles. The van der Waals surface area contributed by atoms with Crippen molar-refractivity contribution in [2.75, 3.05) is 16.8 Å². The predicted molar refractivity (Wildman–Crippen MR) is 111 cm³/mol. The van der Waals surface area contributed by atoms with Crippen molar-refractivity contribution in [3.8, 4) is 17.3 Å². The van der Waals surface area contributed by atoms with E-state index in [1.54, 1.807) is 12.4 Å². The molecule has 0 radical (unpaired) electrons. The number of carbonyl (C=O) groups is 1. The van der Waals surface area contributed by atoms with E-state index in [4.69, 9.17) is 4.98 Å². The van der Waals surface area contributed by atoms with Gasteiger partial charge in [0.15, 0.2) is 5.82 Å². The molecular weight excluding hydrogens is 420 g/mol. The van der Waals surface area contributed by atoms with E-state index >= 15 is 0 Å².